The molecular weight excluding hydrogens is 364 g/mol. The van der Waals surface area contributed by atoms with Crippen molar-refractivity contribution >= 4 is 40.3 Å². The van der Waals surface area contributed by atoms with Gasteiger partial charge < -0.3 is 19.9 Å². The summed E-state index contributed by atoms with van der Waals surface area (Å²) in [5.74, 6) is 0.522. The Balaban J connectivity index is 1.66. The van der Waals surface area contributed by atoms with Gasteiger partial charge in [0, 0.05) is 20.2 Å². The van der Waals surface area contributed by atoms with Crippen LogP contribution >= 0.6 is 11.8 Å². The van der Waals surface area contributed by atoms with Gasteiger partial charge in [-0.15, -0.1) is 0 Å². The Kier molecular flexibility index (Phi) is 5.66. The van der Waals surface area contributed by atoms with E-state index in [2.05, 4.69) is 15.3 Å². The number of nitrogens with zero attached hydrogens (tertiary/aromatic N) is 2. The molecule has 0 radical (unpaired) electrons. The molecule has 0 aliphatic rings. The minimum atomic E-state index is -0.211. The number of fused-ring (bicyclic) bond motifs is 1. The van der Waals surface area contributed by atoms with Crippen LogP contribution < -0.4 is 10.1 Å². The maximum atomic E-state index is 12.3. The number of rotatable bonds is 6. The number of carbonyl (C=O) groups excluding carboxylic acids is 2. The largest absolute Gasteiger partial charge is 0.497 e. The molecule has 0 spiro atoms. The molecule has 0 atom stereocenters. The van der Waals surface area contributed by atoms with Crippen molar-refractivity contribution in [2.45, 2.75) is 5.16 Å². The molecule has 0 bridgehead atoms. The first-order valence-corrected chi connectivity index (χ1v) is 9.23. The summed E-state index contributed by atoms with van der Waals surface area (Å²) in [7, 11) is 4.95. The number of nitrogens with one attached hydrogen (secondary N) is 2. The molecule has 2 amide bonds. The van der Waals surface area contributed by atoms with E-state index in [1.54, 1.807) is 45.5 Å². The molecule has 3 rings (SSSR count). The second-order valence-electron chi connectivity index (χ2n) is 6.01. The van der Waals surface area contributed by atoms with E-state index in [0.717, 1.165) is 16.8 Å². The average Bonchev–Trinajstić information content (AvgIpc) is 3.08. The predicted octanol–water partition coefficient (Wildman–Crippen LogP) is 3.00. The molecule has 2 aromatic carbocycles. The molecule has 0 saturated heterocycles. The van der Waals surface area contributed by atoms with Gasteiger partial charge in [0.25, 0.3) is 5.91 Å². The van der Waals surface area contributed by atoms with E-state index in [-0.39, 0.29) is 17.6 Å². The smallest absolute Gasteiger partial charge is 0.255 e. The van der Waals surface area contributed by atoms with Crippen LogP contribution in [0.4, 0.5) is 5.69 Å². The van der Waals surface area contributed by atoms with Crippen LogP contribution in [0.5, 0.6) is 5.75 Å². The summed E-state index contributed by atoms with van der Waals surface area (Å²) in [6.45, 7) is 0. The Hall–Kier alpha value is -3.00. The third kappa shape index (κ3) is 4.40. The highest BCUT2D eigenvalue weighted by Gasteiger charge is 2.15. The number of aromatic nitrogens is 2. The zero-order valence-electron chi connectivity index (χ0n) is 15.3. The van der Waals surface area contributed by atoms with Crippen LogP contribution in [0.2, 0.25) is 0 Å². The SMILES string of the molecule is COc1ccc2[nH]c(SCC(=O)Nc3ccccc3C(=O)N(C)C)nc2c1. The number of para-hydroxylation sites is 1. The minimum absolute atomic E-state index is 0.162. The summed E-state index contributed by atoms with van der Waals surface area (Å²) in [5.41, 5.74) is 2.60. The Morgan fingerprint density at radius 2 is 2.00 bits per heavy atom. The van der Waals surface area contributed by atoms with Crippen molar-refractivity contribution in [2.75, 3.05) is 32.3 Å². The van der Waals surface area contributed by atoms with Gasteiger partial charge >= 0.3 is 0 Å². The number of H-pyrrole nitrogens is 1. The highest BCUT2D eigenvalue weighted by Crippen LogP contribution is 2.23. The Morgan fingerprint density at radius 3 is 2.74 bits per heavy atom. The summed E-state index contributed by atoms with van der Waals surface area (Å²) in [6, 6.07) is 12.5. The molecule has 1 heterocycles. The summed E-state index contributed by atoms with van der Waals surface area (Å²) >= 11 is 1.29. The van der Waals surface area contributed by atoms with Crippen molar-refractivity contribution in [3.63, 3.8) is 0 Å². The molecule has 7 nitrogen and oxygen atoms in total. The number of amides is 2. The summed E-state index contributed by atoms with van der Waals surface area (Å²) in [6.07, 6.45) is 0. The number of hydrogen-bond donors (Lipinski definition) is 2. The number of methoxy groups -OCH3 is 1. The number of thioether (sulfide) groups is 1. The van der Waals surface area contributed by atoms with Crippen LogP contribution in [0.25, 0.3) is 11.0 Å². The van der Waals surface area contributed by atoms with Crippen molar-refractivity contribution in [3.8, 4) is 5.75 Å². The Labute approximate surface area is 161 Å². The molecule has 27 heavy (non-hydrogen) atoms. The van der Waals surface area contributed by atoms with Gasteiger partial charge in [-0.2, -0.15) is 0 Å². The summed E-state index contributed by atoms with van der Waals surface area (Å²) < 4.78 is 5.19. The topological polar surface area (TPSA) is 87.3 Å². The Bertz CT molecular complexity index is 984. The maximum Gasteiger partial charge on any atom is 0.255 e. The van der Waals surface area contributed by atoms with Crippen molar-refractivity contribution in [2.24, 2.45) is 0 Å². The van der Waals surface area contributed by atoms with E-state index >= 15 is 0 Å². The lowest BCUT2D eigenvalue weighted by Crippen LogP contribution is -2.24. The number of anilines is 1. The van der Waals surface area contributed by atoms with Crippen molar-refractivity contribution in [1.29, 1.82) is 0 Å². The monoisotopic (exact) mass is 384 g/mol. The fraction of sp³-hybridized carbons (Fsp3) is 0.211. The molecule has 2 N–H and O–H groups in total. The zero-order chi connectivity index (χ0) is 19.4. The first kappa shape index (κ1) is 18.8. The number of aromatic amines is 1. The van der Waals surface area contributed by atoms with Crippen LogP contribution in [0.1, 0.15) is 10.4 Å². The second kappa shape index (κ2) is 8.13. The predicted molar refractivity (Wildman–Crippen MR) is 106 cm³/mol. The number of ether oxygens (including phenoxy) is 1. The number of benzene rings is 2. The van der Waals surface area contributed by atoms with E-state index in [0.29, 0.717) is 16.4 Å². The van der Waals surface area contributed by atoms with E-state index < -0.39 is 0 Å². The standard InChI is InChI=1S/C19H20N4O3S/c1-23(2)18(25)13-6-4-5-7-14(13)20-17(24)11-27-19-21-15-9-8-12(26-3)10-16(15)22-19/h4-10H,11H2,1-3H3,(H,20,24)(H,21,22). The lowest BCUT2D eigenvalue weighted by molar-refractivity contribution is -0.113. The molecule has 3 aromatic rings. The first-order valence-electron chi connectivity index (χ1n) is 8.25. The van der Waals surface area contributed by atoms with Crippen molar-refractivity contribution < 1.29 is 14.3 Å². The van der Waals surface area contributed by atoms with Gasteiger partial charge in [0.15, 0.2) is 5.16 Å². The van der Waals surface area contributed by atoms with Gasteiger partial charge in [-0.3, -0.25) is 9.59 Å². The van der Waals surface area contributed by atoms with E-state index in [4.69, 9.17) is 4.74 Å². The third-order valence-electron chi connectivity index (χ3n) is 3.85. The summed E-state index contributed by atoms with van der Waals surface area (Å²) in [5, 5.41) is 3.44. The van der Waals surface area contributed by atoms with Gasteiger partial charge in [0.1, 0.15) is 5.75 Å². The van der Waals surface area contributed by atoms with Crippen LogP contribution in [0, 0.1) is 0 Å². The molecule has 0 saturated carbocycles. The van der Waals surface area contributed by atoms with E-state index in [1.807, 2.05) is 18.2 Å². The second-order valence-corrected chi connectivity index (χ2v) is 6.97. The van der Waals surface area contributed by atoms with Gasteiger partial charge in [0.05, 0.1) is 35.1 Å². The molecule has 0 aliphatic heterocycles. The third-order valence-corrected chi connectivity index (χ3v) is 4.72. The van der Waals surface area contributed by atoms with Crippen LogP contribution in [-0.4, -0.2) is 53.6 Å². The lowest BCUT2D eigenvalue weighted by atomic mass is 10.1. The quantitative estimate of drug-likeness (QED) is 0.638. The molecule has 0 aliphatic carbocycles. The highest BCUT2D eigenvalue weighted by molar-refractivity contribution is 7.99. The van der Waals surface area contributed by atoms with E-state index in [1.165, 1.54) is 16.7 Å². The lowest BCUT2D eigenvalue weighted by Gasteiger charge is -2.14. The highest BCUT2D eigenvalue weighted by atomic mass is 32.2. The number of imidazole rings is 1. The average molecular weight is 384 g/mol. The molecule has 8 heteroatoms. The van der Waals surface area contributed by atoms with Crippen LogP contribution in [-0.2, 0) is 4.79 Å². The van der Waals surface area contributed by atoms with Crippen LogP contribution in [0.15, 0.2) is 47.6 Å². The number of hydrogen-bond acceptors (Lipinski definition) is 5. The van der Waals surface area contributed by atoms with Crippen molar-refractivity contribution in [3.05, 3.63) is 48.0 Å². The Morgan fingerprint density at radius 1 is 1.22 bits per heavy atom. The number of carbonyl (C=O) groups is 2. The van der Waals surface area contributed by atoms with Crippen molar-refractivity contribution in [1.82, 2.24) is 14.9 Å². The van der Waals surface area contributed by atoms with Gasteiger partial charge in [-0.1, -0.05) is 23.9 Å². The molecule has 0 unspecified atom stereocenters. The maximum absolute atomic E-state index is 12.3. The summed E-state index contributed by atoms with van der Waals surface area (Å²) in [4.78, 5) is 33.6. The zero-order valence-corrected chi connectivity index (χ0v) is 16.1. The van der Waals surface area contributed by atoms with Gasteiger partial charge in [-0.25, -0.2) is 4.98 Å². The molecule has 140 valence electrons. The molecular formula is C19H20N4O3S. The normalized spacial score (nSPS) is 10.6. The van der Waals surface area contributed by atoms with E-state index in [9.17, 15) is 9.59 Å². The minimum Gasteiger partial charge on any atom is -0.497 e. The first-order chi connectivity index (χ1) is 13.0. The molecule has 0 fully saturated rings. The fourth-order valence-corrected chi connectivity index (χ4v) is 3.18. The molecule has 1 aromatic heterocycles. The van der Waals surface area contributed by atoms with Gasteiger partial charge in [-0.05, 0) is 24.3 Å². The van der Waals surface area contributed by atoms with Gasteiger partial charge in [0.2, 0.25) is 5.91 Å². The fourth-order valence-electron chi connectivity index (χ4n) is 2.50. The van der Waals surface area contributed by atoms with Crippen LogP contribution in [0.3, 0.4) is 0 Å².